The average molecular weight is 319 g/mol. The number of anilines is 1. The van der Waals surface area contributed by atoms with Crippen LogP contribution in [0.1, 0.15) is 17.3 Å². The number of carbonyl (C=O) groups is 2. The molecule has 1 heterocycles. The van der Waals surface area contributed by atoms with E-state index in [0.717, 1.165) is 5.69 Å². The third kappa shape index (κ3) is 3.62. The summed E-state index contributed by atoms with van der Waals surface area (Å²) in [6.07, 6.45) is 0.533. The molecule has 0 spiro atoms. The number of aromatic nitrogens is 1. The quantitative estimate of drug-likeness (QED) is 0.642. The van der Waals surface area contributed by atoms with Crippen molar-refractivity contribution in [3.8, 4) is 0 Å². The van der Waals surface area contributed by atoms with E-state index in [1.54, 1.807) is 25.2 Å². The van der Waals surface area contributed by atoms with Crippen LogP contribution in [-0.4, -0.2) is 30.0 Å². The number of halogens is 1. The third-order valence-electron chi connectivity index (χ3n) is 3.08. The van der Waals surface area contributed by atoms with E-state index in [1.165, 1.54) is 24.1 Å². The van der Waals surface area contributed by atoms with E-state index in [1.807, 2.05) is 18.2 Å². The van der Waals surface area contributed by atoms with Gasteiger partial charge in [0.15, 0.2) is 6.10 Å². The molecular weight excluding hydrogens is 304 g/mol. The molecule has 0 unspecified atom stereocenters. The predicted molar refractivity (Wildman–Crippen MR) is 84.0 cm³/mol. The van der Waals surface area contributed by atoms with Crippen LogP contribution < -0.4 is 4.90 Å². The van der Waals surface area contributed by atoms with Gasteiger partial charge in [-0.2, -0.15) is 0 Å². The Hall–Kier alpha value is -2.40. The van der Waals surface area contributed by atoms with Crippen LogP contribution in [0, 0.1) is 0 Å². The van der Waals surface area contributed by atoms with E-state index in [2.05, 4.69) is 4.98 Å². The fourth-order valence-electron chi connectivity index (χ4n) is 1.86. The van der Waals surface area contributed by atoms with E-state index in [-0.39, 0.29) is 16.6 Å². The van der Waals surface area contributed by atoms with E-state index in [9.17, 15) is 9.59 Å². The highest BCUT2D eigenvalue weighted by Gasteiger charge is 2.24. The highest BCUT2D eigenvalue weighted by Crippen LogP contribution is 2.16. The number of pyridine rings is 1. The number of carbonyl (C=O) groups excluding carboxylic acids is 2. The fourth-order valence-corrected chi connectivity index (χ4v) is 2.06. The minimum absolute atomic E-state index is 0.0450. The van der Waals surface area contributed by atoms with Crippen LogP contribution in [-0.2, 0) is 9.53 Å². The lowest BCUT2D eigenvalue weighted by molar-refractivity contribution is -0.126. The molecule has 0 aliphatic carbocycles. The number of benzene rings is 1. The molecule has 2 rings (SSSR count). The second-order valence-corrected chi connectivity index (χ2v) is 4.98. The summed E-state index contributed by atoms with van der Waals surface area (Å²) in [4.78, 5) is 29.6. The van der Waals surface area contributed by atoms with Gasteiger partial charge in [-0.15, -0.1) is 0 Å². The van der Waals surface area contributed by atoms with Crippen LogP contribution in [0.4, 0.5) is 5.69 Å². The molecule has 2 aromatic rings. The van der Waals surface area contributed by atoms with Gasteiger partial charge in [-0.3, -0.25) is 4.79 Å². The number of hydrogen-bond donors (Lipinski definition) is 0. The first-order chi connectivity index (χ1) is 10.5. The molecule has 6 heteroatoms. The highest BCUT2D eigenvalue weighted by atomic mass is 35.5. The van der Waals surface area contributed by atoms with E-state index in [4.69, 9.17) is 16.3 Å². The Morgan fingerprint density at radius 1 is 1.18 bits per heavy atom. The summed E-state index contributed by atoms with van der Waals surface area (Å²) in [5.41, 5.74) is 0.848. The third-order valence-corrected chi connectivity index (χ3v) is 3.39. The zero-order valence-corrected chi connectivity index (χ0v) is 12.9. The lowest BCUT2D eigenvalue weighted by atomic mass is 10.2. The molecule has 0 fully saturated rings. The van der Waals surface area contributed by atoms with E-state index in [0.29, 0.717) is 0 Å². The first kappa shape index (κ1) is 16.0. The van der Waals surface area contributed by atoms with Gasteiger partial charge in [0.1, 0.15) is 5.15 Å². The van der Waals surface area contributed by atoms with Crippen molar-refractivity contribution in [2.45, 2.75) is 13.0 Å². The molecule has 0 N–H and O–H groups in total. The van der Waals surface area contributed by atoms with Crippen LogP contribution in [0.2, 0.25) is 5.15 Å². The largest absolute Gasteiger partial charge is 0.449 e. The van der Waals surface area contributed by atoms with Gasteiger partial charge in [0, 0.05) is 18.9 Å². The summed E-state index contributed by atoms with van der Waals surface area (Å²) in [5.74, 6) is -1.01. The number of esters is 1. The number of para-hydroxylation sites is 1. The van der Waals surface area contributed by atoms with Crippen molar-refractivity contribution >= 4 is 29.2 Å². The normalized spacial score (nSPS) is 11.6. The number of nitrogens with zero attached hydrogens (tertiary/aromatic N) is 2. The molecule has 0 bridgehead atoms. The smallest absolute Gasteiger partial charge is 0.342 e. The van der Waals surface area contributed by atoms with Gasteiger partial charge in [-0.25, -0.2) is 9.78 Å². The molecule has 1 aromatic carbocycles. The van der Waals surface area contributed by atoms with Gasteiger partial charge in [-0.05, 0) is 31.2 Å². The molecule has 114 valence electrons. The number of ether oxygens (including phenoxy) is 1. The molecule has 0 saturated heterocycles. The van der Waals surface area contributed by atoms with Gasteiger partial charge in [0.25, 0.3) is 5.91 Å². The Balaban J connectivity index is 2.06. The maximum atomic E-state index is 12.3. The summed E-state index contributed by atoms with van der Waals surface area (Å²) in [7, 11) is 1.62. The summed E-state index contributed by atoms with van der Waals surface area (Å²) in [5, 5.41) is 0.0450. The van der Waals surface area contributed by atoms with Crippen molar-refractivity contribution in [3.05, 3.63) is 59.4 Å². The molecule has 0 aliphatic heterocycles. The summed E-state index contributed by atoms with van der Waals surface area (Å²) >= 11 is 5.83. The minimum Gasteiger partial charge on any atom is -0.449 e. The lowest BCUT2D eigenvalue weighted by Gasteiger charge is -2.21. The Labute approximate surface area is 133 Å². The highest BCUT2D eigenvalue weighted by molar-refractivity contribution is 6.32. The second-order valence-electron chi connectivity index (χ2n) is 4.62. The maximum Gasteiger partial charge on any atom is 0.342 e. The van der Waals surface area contributed by atoms with E-state index >= 15 is 0 Å². The number of rotatable bonds is 4. The lowest BCUT2D eigenvalue weighted by Crippen LogP contribution is -2.37. The van der Waals surface area contributed by atoms with Gasteiger partial charge < -0.3 is 9.64 Å². The fraction of sp³-hybridized carbons (Fsp3) is 0.188. The van der Waals surface area contributed by atoms with Crippen molar-refractivity contribution in [1.29, 1.82) is 0 Å². The van der Waals surface area contributed by atoms with Crippen LogP contribution in [0.5, 0.6) is 0 Å². The molecule has 0 aliphatic rings. The number of likely N-dealkylation sites (N-methyl/N-ethyl adjacent to an activating group) is 1. The zero-order chi connectivity index (χ0) is 16.1. The monoisotopic (exact) mass is 318 g/mol. The Bertz CT molecular complexity index is 676. The minimum atomic E-state index is -0.936. The van der Waals surface area contributed by atoms with Crippen molar-refractivity contribution < 1.29 is 14.3 Å². The summed E-state index contributed by atoms with van der Waals surface area (Å²) < 4.78 is 5.17. The van der Waals surface area contributed by atoms with Crippen molar-refractivity contribution in [3.63, 3.8) is 0 Å². The maximum absolute atomic E-state index is 12.3. The summed E-state index contributed by atoms with van der Waals surface area (Å²) in [6, 6.07) is 12.2. The van der Waals surface area contributed by atoms with Crippen LogP contribution >= 0.6 is 11.6 Å². The van der Waals surface area contributed by atoms with Crippen molar-refractivity contribution in [2.24, 2.45) is 0 Å². The van der Waals surface area contributed by atoms with Crippen LogP contribution in [0.25, 0.3) is 0 Å². The molecule has 1 amide bonds. The van der Waals surface area contributed by atoms with Gasteiger partial charge in [0.2, 0.25) is 0 Å². The van der Waals surface area contributed by atoms with E-state index < -0.39 is 12.1 Å². The first-order valence-corrected chi connectivity index (χ1v) is 7.02. The average Bonchev–Trinajstić information content (AvgIpc) is 2.54. The number of amides is 1. The van der Waals surface area contributed by atoms with Gasteiger partial charge >= 0.3 is 5.97 Å². The Kier molecular flexibility index (Phi) is 5.12. The van der Waals surface area contributed by atoms with Crippen molar-refractivity contribution in [1.82, 2.24) is 4.98 Å². The topological polar surface area (TPSA) is 59.5 Å². The zero-order valence-electron chi connectivity index (χ0n) is 12.2. The van der Waals surface area contributed by atoms with Crippen LogP contribution in [0.15, 0.2) is 48.7 Å². The molecule has 0 radical (unpaired) electrons. The van der Waals surface area contributed by atoms with Gasteiger partial charge in [-0.1, -0.05) is 29.8 Å². The Morgan fingerprint density at radius 3 is 2.50 bits per heavy atom. The first-order valence-electron chi connectivity index (χ1n) is 6.65. The van der Waals surface area contributed by atoms with Crippen molar-refractivity contribution in [2.75, 3.05) is 11.9 Å². The number of hydrogen-bond acceptors (Lipinski definition) is 4. The predicted octanol–water partition coefficient (Wildman–Crippen LogP) is 2.94. The SMILES string of the molecule is C[C@@H](OC(=O)c1cccnc1Cl)C(=O)N(C)c1ccccc1. The van der Waals surface area contributed by atoms with Gasteiger partial charge in [0.05, 0.1) is 5.56 Å². The molecule has 22 heavy (non-hydrogen) atoms. The standard InChI is InChI=1S/C16H15ClN2O3/c1-11(15(20)19(2)12-7-4-3-5-8-12)22-16(21)13-9-6-10-18-14(13)17/h3-11H,1-2H3/t11-/m1/s1. The summed E-state index contributed by atoms with van der Waals surface area (Å²) in [6.45, 7) is 1.52. The molecule has 1 atom stereocenters. The van der Waals surface area contributed by atoms with Crippen LogP contribution in [0.3, 0.4) is 0 Å². The second kappa shape index (κ2) is 7.04. The molecular formula is C16H15ClN2O3. The molecule has 1 aromatic heterocycles. The molecule has 0 saturated carbocycles. The Morgan fingerprint density at radius 2 is 1.86 bits per heavy atom. The molecule has 5 nitrogen and oxygen atoms in total.